The van der Waals surface area contributed by atoms with Gasteiger partial charge in [0.05, 0.1) is 19.2 Å². The molecule has 0 radical (unpaired) electrons. The molecule has 0 bridgehead atoms. The molecular formula is C16H15BrClNO2. The van der Waals surface area contributed by atoms with Gasteiger partial charge in [-0.3, -0.25) is 9.63 Å². The van der Waals surface area contributed by atoms with E-state index in [9.17, 15) is 4.79 Å². The molecule has 21 heavy (non-hydrogen) atoms. The molecule has 0 aliphatic rings. The highest BCUT2D eigenvalue weighted by molar-refractivity contribution is 9.10. The number of hydroxylamine groups is 2. The number of carbonyl (C=O) groups is 1. The minimum atomic E-state index is -0.168. The molecule has 0 N–H and O–H groups in total. The molecule has 1 amide bonds. The molecule has 0 unspecified atom stereocenters. The third-order valence-corrected chi connectivity index (χ3v) is 4.01. The average molecular weight is 369 g/mol. The van der Waals surface area contributed by atoms with Gasteiger partial charge in [0.1, 0.15) is 0 Å². The van der Waals surface area contributed by atoms with Crippen molar-refractivity contribution in [2.75, 3.05) is 13.7 Å². The van der Waals surface area contributed by atoms with E-state index >= 15 is 0 Å². The number of benzene rings is 2. The zero-order valence-corrected chi connectivity index (χ0v) is 13.9. The van der Waals surface area contributed by atoms with Gasteiger partial charge in [0.2, 0.25) is 0 Å². The molecule has 110 valence electrons. The van der Waals surface area contributed by atoms with Gasteiger partial charge in [-0.15, -0.1) is 0 Å². The van der Waals surface area contributed by atoms with Crippen LogP contribution < -0.4 is 0 Å². The van der Waals surface area contributed by atoms with Crippen LogP contribution in [0.3, 0.4) is 0 Å². The van der Waals surface area contributed by atoms with E-state index in [2.05, 4.69) is 15.9 Å². The largest absolute Gasteiger partial charge is 0.278 e. The molecule has 3 nitrogen and oxygen atoms in total. The molecule has 5 heteroatoms. The van der Waals surface area contributed by atoms with E-state index in [0.29, 0.717) is 23.6 Å². The highest BCUT2D eigenvalue weighted by Crippen LogP contribution is 2.18. The Labute approximate surface area is 137 Å². The van der Waals surface area contributed by atoms with Gasteiger partial charge >= 0.3 is 0 Å². The predicted octanol–water partition coefficient (Wildman–Crippen LogP) is 4.35. The van der Waals surface area contributed by atoms with Crippen molar-refractivity contribution < 1.29 is 9.63 Å². The summed E-state index contributed by atoms with van der Waals surface area (Å²) in [6, 6.07) is 14.9. The Morgan fingerprint density at radius 2 is 1.86 bits per heavy atom. The number of carbonyl (C=O) groups excluding carboxylic acids is 1. The van der Waals surface area contributed by atoms with Crippen LogP contribution in [0.1, 0.15) is 15.9 Å². The van der Waals surface area contributed by atoms with Crippen molar-refractivity contribution in [3.63, 3.8) is 0 Å². The van der Waals surface area contributed by atoms with Gasteiger partial charge in [-0.05, 0) is 52.2 Å². The molecule has 2 rings (SSSR count). The molecule has 0 atom stereocenters. The van der Waals surface area contributed by atoms with Crippen LogP contribution in [-0.2, 0) is 11.3 Å². The second-order valence-electron chi connectivity index (χ2n) is 4.45. The third-order valence-electron chi connectivity index (χ3n) is 3.07. The number of halogens is 2. The number of hydrogen-bond acceptors (Lipinski definition) is 2. The van der Waals surface area contributed by atoms with E-state index in [4.69, 9.17) is 16.4 Å². The molecule has 0 aliphatic heterocycles. The van der Waals surface area contributed by atoms with Crippen LogP contribution in [0.15, 0.2) is 53.0 Å². The van der Waals surface area contributed by atoms with Gasteiger partial charge in [-0.2, -0.15) is 0 Å². The summed E-state index contributed by atoms with van der Waals surface area (Å²) in [5, 5.41) is 2.06. The van der Waals surface area contributed by atoms with Gasteiger partial charge in [0.25, 0.3) is 5.91 Å². The van der Waals surface area contributed by atoms with E-state index in [1.807, 2.05) is 42.5 Å². The molecule has 0 aromatic heterocycles. The molecule has 0 spiro atoms. The van der Waals surface area contributed by atoms with E-state index in [1.165, 1.54) is 12.2 Å². The molecular weight excluding hydrogens is 354 g/mol. The number of rotatable bonds is 5. The second kappa shape index (κ2) is 7.59. The zero-order valence-electron chi connectivity index (χ0n) is 11.6. The standard InChI is InChI=1S/C16H15BrClNO2/c1-21-19(11-10-12-6-8-13(18)9-7-12)16(20)14-4-2-3-5-15(14)17/h2-9H,10-11H2,1H3. The topological polar surface area (TPSA) is 29.5 Å². The number of nitrogens with zero attached hydrogens (tertiary/aromatic N) is 1. The SMILES string of the molecule is CON(CCc1ccc(Cl)cc1)C(=O)c1ccccc1Br. The van der Waals surface area contributed by atoms with Gasteiger partial charge < -0.3 is 0 Å². The highest BCUT2D eigenvalue weighted by atomic mass is 79.9. The minimum absolute atomic E-state index is 0.168. The second-order valence-corrected chi connectivity index (χ2v) is 5.74. The van der Waals surface area contributed by atoms with Crippen LogP contribution in [0.25, 0.3) is 0 Å². The zero-order chi connectivity index (χ0) is 15.2. The fraction of sp³-hybridized carbons (Fsp3) is 0.188. The van der Waals surface area contributed by atoms with Crippen LogP contribution in [-0.4, -0.2) is 24.6 Å². The summed E-state index contributed by atoms with van der Waals surface area (Å²) in [6.45, 7) is 0.471. The van der Waals surface area contributed by atoms with E-state index in [-0.39, 0.29) is 5.91 Å². The van der Waals surface area contributed by atoms with Crippen molar-refractivity contribution in [3.05, 3.63) is 69.2 Å². The van der Waals surface area contributed by atoms with E-state index < -0.39 is 0 Å². The third kappa shape index (κ3) is 4.30. The Kier molecular flexibility index (Phi) is 5.79. The maximum atomic E-state index is 12.4. The predicted molar refractivity (Wildman–Crippen MR) is 87.3 cm³/mol. The van der Waals surface area contributed by atoms with E-state index in [1.54, 1.807) is 6.07 Å². The van der Waals surface area contributed by atoms with Crippen molar-refractivity contribution in [2.24, 2.45) is 0 Å². The lowest BCUT2D eigenvalue weighted by molar-refractivity contribution is -0.0942. The van der Waals surface area contributed by atoms with Crippen molar-refractivity contribution in [1.82, 2.24) is 5.06 Å². The summed E-state index contributed by atoms with van der Waals surface area (Å²) >= 11 is 9.24. The minimum Gasteiger partial charge on any atom is -0.274 e. The van der Waals surface area contributed by atoms with Crippen molar-refractivity contribution in [3.8, 4) is 0 Å². The molecule has 0 fully saturated rings. The first-order valence-electron chi connectivity index (χ1n) is 6.47. The summed E-state index contributed by atoms with van der Waals surface area (Å²) < 4.78 is 0.753. The lowest BCUT2D eigenvalue weighted by Gasteiger charge is -2.20. The molecule has 0 saturated carbocycles. The average Bonchev–Trinajstić information content (AvgIpc) is 2.50. The molecule has 0 heterocycles. The lowest BCUT2D eigenvalue weighted by Crippen LogP contribution is -2.32. The van der Waals surface area contributed by atoms with Gasteiger partial charge in [-0.25, -0.2) is 5.06 Å². The maximum Gasteiger partial charge on any atom is 0.278 e. The summed E-state index contributed by atoms with van der Waals surface area (Å²) in [7, 11) is 1.50. The smallest absolute Gasteiger partial charge is 0.274 e. The first kappa shape index (κ1) is 16.0. The van der Waals surface area contributed by atoms with Gasteiger partial charge in [-0.1, -0.05) is 35.9 Å². The summed E-state index contributed by atoms with van der Waals surface area (Å²) in [4.78, 5) is 17.6. The van der Waals surface area contributed by atoms with Crippen molar-refractivity contribution in [1.29, 1.82) is 0 Å². The summed E-state index contributed by atoms with van der Waals surface area (Å²) in [5.41, 5.74) is 1.68. The van der Waals surface area contributed by atoms with Gasteiger partial charge in [0, 0.05) is 9.50 Å². The quantitative estimate of drug-likeness (QED) is 0.734. The Bertz CT molecular complexity index is 616. The van der Waals surface area contributed by atoms with E-state index in [0.717, 1.165) is 10.0 Å². The fourth-order valence-electron chi connectivity index (χ4n) is 1.93. The van der Waals surface area contributed by atoms with Gasteiger partial charge in [0.15, 0.2) is 0 Å². The van der Waals surface area contributed by atoms with Crippen molar-refractivity contribution in [2.45, 2.75) is 6.42 Å². The van der Waals surface area contributed by atoms with Crippen LogP contribution in [0.2, 0.25) is 5.02 Å². The lowest BCUT2D eigenvalue weighted by atomic mass is 10.1. The Morgan fingerprint density at radius 1 is 1.19 bits per heavy atom. The normalized spacial score (nSPS) is 10.4. The Morgan fingerprint density at radius 3 is 2.48 bits per heavy atom. The van der Waals surface area contributed by atoms with Crippen LogP contribution in [0.4, 0.5) is 0 Å². The first-order valence-corrected chi connectivity index (χ1v) is 7.64. The summed E-state index contributed by atoms with van der Waals surface area (Å²) in [5.74, 6) is -0.168. The van der Waals surface area contributed by atoms with Crippen LogP contribution in [0.5, 0.6) is 0 Å². The molecule has 0 aliphatic carbocycles. The maximum absolute atomic E-state index is 12.4. The Balaban J connectivity index is 2.04. The fourth-order valence-corrected chi connectivity index (χ4v) is 2.51. The van der Waals surface area contributed by atoms with Crippen LogP contribution in [0, 0.1) is 0 Å². The molecule has 2 aromatic rings. The van der Waals surface area contributed by atoms with Crippen LogP contribution >= 0.6 is 27.5 Å². The number of amides is 1. The Hall–Kier alpha value is -1.36. The summed E-state index contributed by atoms with van der Waals surface area (Å²) in [6.07, 6.45) is 0.696. The van der Waals surface area contributed by atoms with Crippen molar-refractivity contribution >= 4 is 33.4 Å². The number of hydrogen-bond donors (Lipinski definition) is 0. The highest BCUT2D eigenvalue weighted by Gasteiger charge is 2.17. The molecule has 0 saturated heterocycles. The first-order chi connectivity index (χ1) is 10.1. The monoisotopic (exact) mass is 367 g/mol. The molecule has 2 aromatic carbocycles.